The number of anilines is 1. The fraction of sp³-hybridized carbons (Fsp3) is 0.333. The van der Waals surface area contributed by atoms with Crippen molar-refractivity contribution in [1.29, 1.82) is 0 Å². The minimum absolute atomic E-state index is 0.870. The Morgan fingerprint density at radius 1 is 1.36 bits per heavy atom. The van der Waals surface area contributed by atoms with Gasteiger partial charge in [-0.3, -0.25) is 0 Å². The van der Waals surface area contributed by atoms with Crippen LogP contribution in [-0.2, 0) is 6.42 Å². The molecule has 1 aliphatic rings. The Morgan fingerprint density at radius 3 is 3.00 bits per heavy atom. The lowest BCUT2D eigenvalue weighted by atomic mass is 9.92. The molecule has 0 atom stereocenters. The van der Waals surface area contributed by atoms with Crippen LogP contribution in [0.3, 0.4) is 0 Å². The molecule has 1 aliphatic carbocycles. The fourth-order valence-corrected chi connectivity index (χ4v) is 1.94. The minimum atomic E-state index is 0.870. The first-order chi connectivity index (χ1) is 6.79. The van der Waals surface area contributed by atoms with E-state index < -0.39 is 0 Å². The lowest BCUT2D eigenvalue weighted by molar-refractivity contribution is 0.809. The highest BCUT2D eigenvalue weighted by Gasteiger charge is 2.09. The van der Waals surface area contributed by atoms with Crippen molar-refractivity contribution >= 4 is 11.8 Å². The van der Waals surface area contributed by atoms with Gasteiger partial charge in [0.1, 0.15) is 0 Å². The molecule has 2 heteroatoms. The summed E-state index contributed by atoms with van der Waals surface area (Å²) in [5, 5.41) is 3.19. The van der Waals surface area contributed by atoms with Gasteiger partial charge in [-0.15, -0.1) is 0 Å². The maximum absolute atomic E-state index is 5.74. The third-order valence-electron chi connectivity index (χ3n) is 2.65. The predicted octanol–water partition coefficient (Wildman–Crippen LogP) is 1.82. The van der Waals surface area contributed by atoms with Crippen molar-refractivity contribution in [1.82, 2.24) is 5.32 Å². The van der Waals surface area contributed by atoms with Crippen LogP contribution in [0.1, 0.15) is 17.5 Å². The van der Waals surface area contributed by atoms with Crippen molar-refractivity contribution in [2.75, 3.05) is 19.3 Å². The summed E-state index contributed by atoms with van der Waals surface area (Å²) in [6.45, 7) is 0.990. The topological polar surface area (TPSA) is 38.0 Å². The normalized spacial score (nSPS) is 14.8. The Morgan fingerprint density at radius 2 is 2.21 bits per heavy atom. The van der Waals surface area contributed by atoms with Gasteiger partial charge in [0.2, 0.25) is 0 Å². The van der Waals surface area contributed by atoms with Gasteiger partial charge in [0.25, 0.3) is 0 Å². The first kappa shape index (κ1) is 9.28. The molecular weight excluding hydrogens is 172 g/mol. The quantitative estimate of drug-likeness (QED) is 0.695. The smallest absolute Gasteiger partial charge is 0.0317 e. The average molecular weight is 188 g/mol. The van der Waals surface area contributed by atoms with Crippen LogP contribution in [-0.4, -0.2) is 13.6 Å². The van der Waals surface area contributed by atoms with E-state index in [4.69, 9.17) is 5.73 Å². The monoisotopic (exact) mass is 188 g/mol. The minimum Gasteiger partial charge on any atom is -0.399 e. The van der Waals surface area contributed by atoms with Crippen molar-refractivity contribution < 1.29 is 0 Å². The number of hydrogen-bond donors (Lipinski definition) is 2. The second-order valence-electron chi connectivity index (χ2n) is 3.79. The van der Waals surface area contributed by atoms with Gasteiger partial charge in [0.05, 0.1) is 0 Å². The van der Waals surface area contributed by atoms with E-state index in [1.807, 2.05) is 13.1 Å². The van der Waals surface area contributed by atoms with E-state index in [1.54, 1.807) is 0 Å². The molecule has 0 spiro atoms. The van der Waals surface area contributed by atoms with Crippen molar-refractivity contribution in [2.45, 2.75) is 12.8 Å². The van der Waals surface area contributed by atoms with E-state index in [2.05, 4.69) is 23.5 Å². The SMILES string of the molecule is CNCC1=Cc2ccc(N)cc2CC1. The van der Waals surface area contributed by atoms with Crippen LogP contribution in [0.15, 0.2) is 23.8 Å². The van der Waals surface area contributed by atoms with Gasteiger partial charge in [-0.2, -0.15) is 0 Å². The summed E-state index contributed by atoms with van der Waals surface area (Å²) < 4.78 is 0. The third kappa shape index (κ3) is 1.80. The van der Waals surface area contributed by atoms with Gasteiger partial charge in [-0.1, -0.05) is 17.7 Å². The largest absolute Gasteiger partial charge is 0.399 e. The van der Waals surface area contributed by atoms with Crippen LogP contribution in [0.2, 0.25) is 0 Å². The Balaban J connectivity index is 2.30. The number of hydrogen-bond acceptors (Lipinski definition) is 2. The number of likely N-dealkylation sites (N-methyl/N-ethyl adjacent to an activating group) is 1. The molecule has 1 aromatic rings. The predicted molar refractivity (Wildman–Crippen MR) is 61.1 cm³/mol. The molecule has 2 nitrogen and oxygen atoms in total. The summed E-state index contributed by atoms with van der Waals surface area (Å²) in [6.07, 6.45) is 4.54. The number of nitrogen functional groups attached to an aromatic ring is 1. The van der Waals surface area contributed by atoms with Crippen LogP contribution in [0.4, 0.5) is 5.69 Å². The zero-order valence-electron chi connectivity index (χ0n) is 8.51. The molecule has 0 amide bonds. The van der Waals surface area contributed by atoms with Crippen LogP contribution < -0.4 is 11.1 Å². The maximum Gasteiger partial charge on any atom is 0.0317 e. The molecule has 3 N–H and O–H groups in total. The summed E-state index contributed by atoms with van der Waals surface area (Å²) in [6, 6.07) is 6.17. The van der Waals surface area contributed by atoms with Crippen LogP contribution in [0, 0.1) is 0 Å². The number of nitrogens with one attached hydrogen (secondary N) is 1. The number of fused-ring (bicyclic) bond motifs is 1. The summed E-state index contributed by atoms with van der Waals surface area (Å²) >= 11 is 0. The summed E-state index contributed by atoms with van der Waals surface area (Å²) in [5.41, 5.74) is 10.8. The third-order valence-corrected chi connectivity index (χ3v) is 2.65. The van der Waals surface area contributed by atoms with Gasteiger partial charge in [-0.25, -0.2) is 0 Å². The first-order valence-electron chi connectivity index (χ1n) is 5.02. The molecule has 0 heterocycles. The van der Waals surface area contributed by atoms with Crippen LogP contribution in [0.25, 0.3) is 6.08 Å². The fourth-order valence-electron chi connectivity index (χ4n) is 1.94. The second kappa shape index (κ2) is 3.84. The molecule has 0 unspecified atom stereocenters. The number of aryl methyl sites for hydroxylation is 1. The second-order valence-corrected chi connectivity index (χ2v) is 3.79. The Hall–Kier alpha value is -1.28. The molecule has 0 saturated carbocycles. The van der Waals surface area contributed by atoms with Gasteiger partial charge < -0.3 is 11.1 Å². The van der Waals surface area contributed by atoms with E-state index in [-0.39, 0.29) is 0 Å². The zero-order valence-corrected chi connectivity index (χ0v) is 8.51. The summed E-state index contributed by atoms with van der Waals surface area (Å²) in [7, 11) is 1.99. The lowest BCUT2D eigenvalue weighted by Crippen LogP contribution is -2.13. The standard InChI is InChI=1S/C12H16N2/c1-14-8-9-2-3-11-7-12(13)5-4-10(11)6-9/h4-7,14H,2-3,8,13H2,1H3. The number of rotatable bonds is 2. The molecule has 0 saturated heterocycles. The zero-order chi connectivity index (χ0) is 9.97. The Kier molecular flexibility index (Phi) is 2.55. The Bertz CT molecular complexity index is 367. The van der Waals surface area contributed by atoms with E-state index >= 15 is 0 Å². The molecule has 2 rings (SSSR count). The maximum atomic E-state index is 5.74. The first-order valence-corrected chi connectivity index (χ1v) is 5.02. The summed E-state index contributed by atoms with van der Waals surface area (Å²) in [4.78, 5) is 0. The van der Waals surface area contributed by atoms with Crippen molar-refractivity contribution in [2.24, 2.45) is 0 Å². The highest BCUT2D eigenvalue weighted by molar-refractivity contribution is 5.63. The van der Waals surface area contributed by atoms with Gasteiger partial charge in [0, 0.05) is 12.2 Å². The average Bonchev–Trinajstić information content (AvgIpc) is 2.19. The van der Waals surface area contributed by atoms with E-state index in [9.17, 15) is 0 Å². The molecule has 0 radical (unpaired) electrons. The molecule has 0 fully saturated rings. The molecule has 0 aliphatic heterocycles. The molecule has 0 aromatic heterocycles. The van der Waals surface area contributed by atoms with Crippen molar-refractivity contribution in [3.63, 3.8) is 0 Å². The van der Waals surface area contributed by atoms with Gasteiger partial charge in [0.15, 0.2) is 0 Å². The number of benzene rings is 1. The van der Waals surface area contributed by atoms with Gasteiger partial charge in [-0.05, 0) is 43.1 Å². The van der Waals surface area contributed by atoms with Gasteiger partial charge >= 0.3 is 0 Å². The van der Waals surface area contributed by atoms with Crippen molar-refractivity contribution in [3.05, 3.63) is 34.9 Å². The Labute approximate surface area is 84.8 Å². The molecule has 14 heavy (non-hydrogen) atoms. The van der Waals surface area contributed by atoms with Crippen LogP contribution >= 0.6 is 0 Å². The summed E-state index contributed by atoms with van der Waals surface area (Å²) in [5.74, 6) is 0. The van der Waals surface area contributed by atoms with E-state index in [0.717, 1.165) is 25.1 Å². The van der Waals surface area contributed by atoms with Crippen molar-refractivity contribution in [3.8, 4) is 0 Å². The number of nitrogens with two attached hydrogens (primary N) is 1. The molecule has 0 bridgehead atoms. The van der Waals surface area contributed by atoms with E-state index in [1.165, 1.54) is 16.7 Å². The highest BCUT2D eigenvalue weighted by Crippen LogP contribution is 2.25. The lowest BCUT2D eigenvalue weighted by Gasteiger charge is -2.16. The molecule has 74 valence electrons. The van der Waals surface area contributed by atoms with E-state index in [0.29, 0.717) is 0 Å². The highest BCUT2D eigenvalue weighted by atomic mass is 14.8. The molecule has 1 aromatic carbocycles. The molecular formula is C12H16N2. The van der Waals surface area contributed by atoms with Crippen LogP contribution in [0.5, 0.6) is 0 Å².